The van der Waals surface area contributed by atoms with Crippen LogP contribution >= 0.6 is 0 Å². The highest BCUT2D eigenvalue weighted by molar-refractivity contribution is 5.73. The number of amides is 1. The molecule has 0 aliphatic carbocycles. The third kappa shape index (κ3) is 3.32. The highest BCUT2D eigenvalue weighted by atomic mass is 16.5. The fraction of sp³-hybridized carbons (Fsp3) is 0.727. The van der Waals surface area contributed by atoms with E-state index in [4.69, 9.17) is 9.47 Å². The number of nitrogens with zero attached hydrogens (tertiary/aromatic N) is 1. The molecule has 1 rings (SSSR count). The number of hydrogen-bond acceptors (Lipinski definition) is 3. The number of rotatable bonds is 2. The van der Waals surface area contributed by atoms with Gasteiger partial charge >= 0.3 is 0 Å². The van der Waals surface area contributed by atoms with Gasteiger partial charge in [-0.1, -0.05) is 12.2 Å². The molecular formula is C11H19NO3. The summed E-state index contributed by atoms with van der Waals surface area (Å²) < 4.78 is 10.6. The lowest BCUT2D eigenvalue weighted by molar-refractivity contribution is -0.132. The molecule has 4 nitrogen and oxygen atoms in total. The summed E-state index contributed by atoms with van der Waals surface area (Å²) in [6, 6.07) is 0. The molecule has 1 aliphatic heterocycles. The Morgan fingerprint density at radius 1 is 1.40 bits per heavy atom. The van der Waals surface area contributed by atoms with Crippen molar-refractivity contribution in [3.05, 3.63) is 12.2 Å². The molecule has 0 saturated carbocycles. The predicted molar refractivity (Wildman–Crippen MR) is 57.6 cm³/mol. The molecule has 0 saturated heterocycles. The van der Waals surface area contributed by atoms with Gasteiger partial charge in [0.1, 0.15) is 12.2 Å². The zero-order valence-corrected chi connectivity index (χ0v) is 9.60. The molecule has 1 heterocycles. The molecule has 0 aromatic heterocycles. The van der Waals surface area contributed by atoms with Crippen LogP contribution in [0.5, 0.6) is 0 Å². The van der Waals surface area contributed by atoms with Crippen LogP contribution in [0.25, 0.3) is 0 Å². The Labute approximate surface area is 90.8 Å². The molecule has 0 aromatic rings. The molecule has 0 spiro atoms. The summed E-state index contributed by atoms with van der Waals surface area (Å²) >= 11 is 0. The zero-order chi connectivity index (χ0) is 11.3. The molecule has 0 bridgehead atoms. The Morgan fingerprint density at radius 2 is 2.13 bits per heavy atom. The van der Waals surface area contributed by atoms with Crippen LogP contribution in [0.2, 0.25) is 0 Å². The fourth-order valence-electron chi connectivity index (χ4n) is 1.72. The molecule has 1 amide bonds. The SMILES string of the molecule is COC1/C=C\CCN(C(C)=O)CC1OC. The van der Waals surface area contributed by atoms with Crippen LogP contribution in [-0.2, 0) is 14.3 Å². The third-order valence-corrected chi connectivity index (χ3v) is 2.68. The maximum absolute atomic E-state index is 11.3. The van der Waals surface area contributed by atoms with Gasteiger partial charge in [-0.05, 0) is 6.42 Å². The van der Waals surface area contributed by atoms with Crippen molar-refractivity contribution < 1.29 is 14.3 Å². The van der Waals surface area contributed by atoms with Crippen LogP contribution in [-0.4, -0.2) is 50.3 Å². The molecule has 86 valence electrons. The van der Waals surface area contributed by atoms with Gasteiger partial charge in [-0.2, -0.15) is 0 Å². The van der Waals surface area contributed by atoms with Gasteiger partial charge in [-0.3, -0.25) is 4.79 Å². The van der Waals surface area contributed by atoms with Crippen molar-refractivity contribution >= 4 is 5.91 Å². The van der Waals surface area contributed by atoms with Gasteiger partial charge in [0.15, 0.2) is 0 Å². The summed E-state index contributed by atoms with van der Waals surface area (Å²) in [5.74, 6) is 0.0854. The van der Waals surface area contributed by atoms with Crippen LogP contribution in [0, 0.1) is 0 Å². The summed E-state index contributed by atoms with van der Waals surface area (Å²) in [4.78, 5) is 13.1. The molecule has 0 radical (unpaired) electrons. The maximum atomic E-state index is 11.3. The van der Waals surface area contributed by atoms with Gasteiger partial charge in [-0.25, -0.2) is 0 Å². The first kappa shape index (κ1) is 12.2. The van der Waals surface area contributed by atoms with E-state index in [1.807, 2.05) is 12.2 Å². The molecule has 4 heteroatoms. The van der Waals surface area contributed by atoms with E-state index in [-0.39, 0.29) is 18.1 Å². The number of methoxy groups -OCH3 is 2. The highest BCUT2D eigenvalue weighted by Crippen LogP contribution is 2.11. The number of carbonyl (C=O) groups is 1. The Morgan fingerprint density at radius 3 is 2.67 bits per heavy atom. The van der Waals surface area contributed by atoms with Crippen molar-refractivity contribution in [1.29, 1.82) is 0 Å². The monoisotopic (exact) mass is 213 g/mol. The highest BCUT2D eigenvalue weighted by Gasteiger charge is 2.24. The first-order chi connectivity index (χ1) is 7.19. The molecule has 2 atom stereocenters. The van der Waals surface area contributed by atoms with Gasteiger partial charge < -0.3 is 14.4 Å². The van der Waals surface area contributed by atoms with E-state index >= 15 is 0 Å². The molecule has 0 N–H and O–H groups in total. The minimum Gasteiger partial charge on any atom is -0.377 e. The van der Waals surface area contributed by atoms with Crippen molar-refractivity contribution in [2.24, 2.45) is 0 Å². The van der Waals surface area contributed by atoms with Gasteiger partial charge in [0, 0.05) is 34.2 Å². The van der Waals surface area contributed by atoms with E-state index in [0.717, 1.165) is 13.0 Å². The van der Waals surface area contributed by atoms with Crippen LogP contribution in [0.4, 0.5) is 0 Å². The minimum absolute atomic E-state index is 0.0721. The van der Waals surface area contributed by atoms with Crippen LogP contribution in [0.3, 0.4) is 0 Å². The topological polar surface area (TPSA) is 38.8 Å². The largest absolute Gasteiger partial charge is 0.377 e. The molecule has 0 fully saturated rings. The third-order valence-electron chi connectivity index (χ3n) is 2.68. The minimum atomic E-state index is -0.0875. The first-order valence-corrected chi connectivity index (χ1v) is 5.16. The summed E-state index contributed by atoms with van der Waals surface area (Å²) in [7, 11) is 3.30. The summed E-state index contributed by atoms with van der Waals surface area (Å²) in [5.41, 5.74) is 0. The van der Waals surface area contributed by atoms with Gasteiger partial charge in [-0.15, -0.1) is 0 Å². The van der Waals surface area contributed by atoms with E-state index in [1.165, 1.54) is 0 Å². The van der Waals surface area contributed by atoms with Gasteiger partial charge in [0.05, 0.1) is 0 Å². The number of carbonyl (C=O) groups excluding carboxylic acids is 1. The van der Waals surface area contributed by atoms with Gasteiger partial charge in [0.25, 0.3) is 0 Å². The lowest BCUT2D eigenvalue weighted by Gasteiger charge is -2.30. The number of hydrogen-bond donors (Lipinski definition) is 0. The van der Waals surface area contributed by atoms with Crippen LogP contribution < -0.4 is 0 Å². The van der Waals surface area contributed by atoms with Gasteiger partial charge in [0.2, 0.25) is 5.91 Å². The second kappa shape index (κ2) is 5.88. The van der Waals surface area contributed by atoms with Crippen molar-refractivity contribution in [3.63, 3.8) is 0 Å². The van der Waals surface area contributed by atoms with E-state index in [1.54, 1.807) is 26.0 Å². The zero-order valence-electron chi connectivity index (χ0n) is 9.60. The Bertz CT molecular complexity index is 240. The second-order valence-corrected chi connectivity index (χ2v) is 3.66. The Kier molecular flexibility index (Phi) is 4.78. The summed E-state index contributed by atoms with van der Waals surface area (Å²) in [5, 5.41) is 0. The average molecular weight is 213 g/mol. The van der Waals surface area contributed by atoms with Crippen LogP contribution in [0.15, 0.2) is 12.2 Å². The summed E-state index contributed by atoms with van der Waals surface area (Å²) in [6.07, 6.45) is 4.75. The van der Waals surface area contributed by atoms with E-state index in [2.05, 4.69) is 0 Å². The average Bonchev–Trinajstić information content (AvgIpc) is 2.17. The van der Waals surface area contributed by atoms with E-state index in [0.29, 0.717) is 6.54 Å². The Hall–Kier alpha value is -0.870. The first-order valence-electron chi connectivity index (χ1n) is 5.16. The normalized spacial score (nSPS) is 29.4. The quantitative estimate of drug-likeness (QED) is 0.638. The Balaban J connectivity index is 2.73. The van der Waals surface area contributed by atoms with Crippen molar-refractivity contribution in [1.82, 2.24) is 4.90 Å². The van der Waals surface area contributed by atoms with Crippen molar-refractivity contribution in [3.8, 4) is 0 Å². The second-order valence-electron chi connectivity index (χ2n) is 3.66. The van der Waals surface area contributed by atoms with Crippen LogP contribution in [0.1, 0.15) is 13.3 Å². The predicted octanol–water partition coefficient (Wildman–Crippen LogP) is 0.825. The van der Waals surface area contributed by atoms with Crippen molar-refractivity contribution in [2.75, 3.05) is 27.3 Å². The number of ether oxygens (including phenoxy) is 2. The fourth-order valence-corrected chi connectivity index (χ4v) is 1.72. The lowest BCUT2D eigenvalue weighted by Crippen LogP contribution is -2.43. The maximum Gasteiger partial charge on any atom is 0.219 e. The molecular weight excluding hydrogens is 194 g/mol. The molecule has 1 aliphatic rings. The molecule has 15 heavy (non-hydrogen) atoms. The summed E-state index contributed by atoms with van der Waals surface area (Å²) in [6.45, 7) is 2.93. The molecule has 2 unspecified atom stereocenters. The molecule has 0 aromatic carbocycles. The smallest absolute Gasteiger partial charge is 0.219 e. The standard InChI is InChI=1S/C11H19NO3/c1-9(13)12-7-5-4-6-10(14-2)11(8-12)15-3/h4,6,10-11H,5,7-8H2,1-3H3/b6-4-. The van der Waals surface area contributed by atoms with E-state index < -0.39 is 0 Å². The van der Waals surface area contributed by atoms with Crippen molar-refractivity contribution in [2.45, 2.75) is 25.6 Å². The lowest BCUT2D eigenvalue weighted by atomic mass is 10.1. The van der Waals surface area contributed by atoms with E-state index in [9.17, 15) is 4.79 Å².